The van der Waals surface area contributed by atoms with Gasteiger partial charge in [-0.25, -0.2) is 0 Å². The Morgan fingerprint density at radius 3 is 2.57 bits per heavy atom. The van der Waals surface area contributed by atoms with Gasteiger partial charge in [0.1, 0.15) is 22.9 Å². The van der Waals surface area contributed by atoms with E-state index in [9.17, 15) is 5.11 Å². The summed E-state index contributed by atoms with van der Waals surface area (Å²) < 4.78 is 12.1. The van der Waals surface area contributed by atoms with Crippen LogP contribution < -0.4 is 4.74 Å². The van der Waals surface area contributed by atoms with E-state index in [0.717, 1.165) is 64.8 Å². The molecule has 2 aromatic carbocycles. The predicted octanol–water partition coefficient (Wildman–Crippen LogP) is 6.99. The summed E-state index contributed by atoms with van der Waals surface area (Å²) in [6, 6.07) is 12.2. The van der Waals surface area contributed by atoms with Gasteiger partial charge in [0.05, 0.1) is 17.4 Å². The maximum Gasteiger partial charge on any atom is 0.138 e. The Balaban J connectivity index is 1.96. The fraction of sp³-hybridized carbons (Fsp3) is 0.360. The fourth-order valence-corrected chi connectivity index (χ4v) is 4.22. The molecule has 0 fully saturated rings. The van der Waals surface area contributed by atoms with E-state index in [0.29, 0.717) is 5.76 Å². The van der Waals surface area contributed by atoms with E-state index in [1.165, 1.54) is 0 Å². The lowest BCUT2D eigenvalue weighted by Gasteiger charge is -2.36. The van der Waals surface area contributed by atoms with Crippen LogP contribution in [-0.4, -0.2) is 5.11 Å². The van der Waals surface area contributed by atoms with Crippen molar-refractivity contribution in [1.29, 1.82) is 0 Å². The summed E-state index contributed by atoms with van der Waals surface area (Å²) in [5.74, 6) is 1.70. The van der Waals surface area contributed by atoms with Gasteiger partial charge in [-0.3, -0.25) is 0 Å². The van der Waals surface area contributed by atoms with Crippen LogP contribution in [0, 0.1) is 6.92 Å². The number of phenols is 1. The molecule has 1 aliphatic rings. The van der Waals surface area contributed by atoms with Gasteiger partial charge in [0.25, 0.3) is 0 Å². The van der Waals surface area contributed by atoms with Crippen molar-refractivity contribution in [2.75, 3.05) is 0 Å². The quantitative estimate of drug-likeness (QED) is 0.488. The molecule has 0 radical (unpaired) electrons. The highest BCUT2D eigenvalue weighted by molar-refractivity contribution is 5.89. The van der Waals surface area contributed by atoms with Crippen molar-refractivity contribution in [2.24, 2.45) is 0 Å². The largest absolute Gasteiger partial charge is 0.506 e. The number of aryl methyl sites for hydroxylation is 2. The van der Waals surface area contributed by atoms with Crippen LogP contribution in [0.4, 0.5) is 0 Å². The first kappa shape index (κ1) is 18.7. The van der Waals surface area contributed by atoms with Gasteiger partial charge in [-0.1, -0.05) is 43.5 Å². The van der Waals surface area contributed by atoms with Crippen molar-refractivity contribution in [3.8, 4) is 33.9 Å². The first-order valence-electron chi connectivity index (χ1n) is 10.2. The second-order valence-electron chi connectivity index (χ2n) is 8.23. The molecule has 28 heavy (non-hydrogen) atoms. The van der Waals surface area contributed by atoms with Crippen molar-refractivity contribution in [3.05, 3.63) is 59.4 Å². The second-order valence-corrected chi connectivity index (χ2v) is 8.23. The average molecular weight is 376 g/mol. The minimum atomic E-state index is -0.449. The molecule has 0 atom stereocenters. The molecular formula is C25H28O3. The Kier molecular flexibility index (Phi) is 4.70. The molecule has 0 bridgehead atoms. The third kappa shape index (κ3) is 3.09. The summed E-state index contributed by atoms with van der Waals surface area (Å²) >= 11 is 0. The van der Waals surface area contributed by atoms with Crippen molar-refractivity contribution < 1.29 is 14.3 Å². The molecule has 3 aromatic rings. The molecule has 3 heteroatoms. The van der Waals surface area contributed by atoms with Crippen molar-refractivity contribution in [3.63, 3.8) is 0 Å². The fourth-order valence-electron chi connectivity index (χ4n) is 4.22. The first-order chi connectivity index (χ1) is 13.4. The van der Waals surface area contributed by atoms with Gasteiger partial charge in [0.15, 0.2) is 0 Å². The van der Waals surface area contributed by atoms with Gasteiger partial charge >= 0.3 is 0 Å². The molecule has 0 saturated carbocycles. The molecule has 146 valence electrons. The molecule has 0 spiro atoms. The summed E-state index contributed by atoms with van der Waals surface area (Å²) in [7, 11) is 0. The van der Waals surface area contributed by atoms with E-state index in [-0.39, 0.29) is 5.75 Å². The maximum absolute atomic E-state index is 11.4. The number of aromatic hydroxyl groups is 1. The monoisotopic (exact) mass is 376 g/mol. The topological polar surface area (TPSA) is 42.6 Å². The standard InChI is InChI=1S/C25H28O3/c1-5-6-7-9-17-15-21-23(24(26)22(17)20-10-8-13-27-20)18-14-16(2)11-12-19(18)25(3,4)28-21/h8,10-15,26H,5-7,9H2,1-4H3. The molecule has 2 heterocycles. The Morgan fingerprint density at radius 1 is 1.04 bits per heavy atom. The SMILES string of the molecule is CCCCCc1cc2c(c(O)c1-c1ccco1)-c1cc(C)ccc1C(C)(C)O2. The lowest BCUT2D eigenvalue weighted by atomic mass is 9.83. The van der Waals surface area contributed by atoms with Crippen LogP contribution in [0.25, 0.3) is 22.5 Å². The Labute approximate surface area is 167 Å². The summed E-state index contributed by atoms with van der Waals surface area (Å²) in [5.41, 5.74) is 5.47. The van der Waals surface area contributed by atoms with Crippen LogP contribution in [-0.2, 0) is 12.0 Å². The lowest BCUT2D eigenvalue weighted by molar-refractivity contribution is 0.105. The minimum Gasteiger partial charge on any atom is -0.506 e. The van der Waals surface area contributed by atoms with Crippen molar-refractivity contribution in [2.45, 2.75) is 59.0 Å². The summed E-state index contributed by atoms with van der Waals surface area (Å²) in [4.78, 5) is 0. The third-order valence-electron chi connectivity index (χ3n) is 5.62. The number of hydrogen-bond acceptors (Lipinski definition) is 3. The molecule has 0 saturated heterocycles. The van der Waals surface area contributed by atoms with E-state index in [2.05, 4.69) is 52.0 Å². The Morgan fingerprint density at radius 2 is 1.86 bits per heavy atom. The number of fused-ring (bicyclic) bond motifs is 3. The zero-order valence-electron chi connectivity index (χ0n) is 17.1. The van der Waals surface area contributed by atoms with Gasteiger partial charge in [0, 0.05) is 5.56 Å². The smallest absolute Gasteiger partial charge is 0.138 e. The highest BCUT2D eigenvalue weighted by atomic mass is 16.5. The van der Waals surface area contributed by atoms with Gasteiger partial charge in [-0.05, 0) is 62.9 Å². The third-order valence-corrected chi connectivity index (χ3v) is 5.62. The maximum atomic E-state index is 11.4. The molecule has 3 nitrogen and oxygen atoms in total. The minimum absolute atomic E-state index is 0.251. The number of unbranched alkanes of at least 4 members (excludes halogenated alkanes) is 2. The van der Waals surface area contributed by atoms with Gasteiger partial charge in [-0.2, -0.15) is 0 Å². The van der Waals surface area contributed by atoms with E-state index in [1.54, 1.807) is 6.26 Å². The summed E-state index contributed by atoms with van der Waals surface area (Å²) in [6.45, 7) is 8.44. The van der Waals surface area contributed by atoms with Gasteiger partial charge < -0.3 is 14.3 Å². The molecule has 1 aliphatic heterocycles. The van der Waals surface area contributed by atoms with Crippen molar-refractivity contribution >= 4 is 0 Å². The molecular weight excluding hydrogens is 348 g/mol. The lowest BCUT2D eigenvalue weighted by Crippen LogP contribution is -2.29. The van der Waals surface area contributed by atoms with Crippen molar-refractivity contribution in [1.82, 2.24) is 0 Å². The first-order valence-corrected chi connectivity index (χ1v) is 10.2. The van der Waals surface area contributed by atoms with Crippen LogP contribution in [0.5, 0.6) is 11.5 Å². The molecule has 0 aliphatic carbocycles. The molecule has 0 amide bonds. The summed E-state index contributed by atoms with van der Waals surface area (Å²) in [5, 5.41) is 11.4. The number of benzene rings is 2. The molecule has 4 rings (SSSR count). The predicted molar refractivity (Wildman–Crippen MR) is 113 cm³/mol. The van der Waals surface area contributed by atoms with Gasteiger partial charge in [-0.15, -0.1) is 0 Å². The molecule has 0 unspecified atom stereocenters. The van der Waals surface area contributed by atoms with E-state index >= 15 is 0 Å². The number of ether oxygens (including phenoxy) is 1. The normalized spacial score (nSPS) is 14.3. The van der Waals surface area contributed by atoms with Crippen LogP contribution in [0.1, 0.15) is 56.7 Å². The second kappa shape index (κ2) is 7.05. The average Bonchev–Trinajstić information content (AvgIpc) is 3.15. The Bertz CT molecular complexity index is 997. The molecule has 1 aromatic heterocycles. The highest BCUT2D eigenvalue weighted by Gasteiger charge is 2.36. The van der Waals surface area contributed by atoms with Crippen LogP contribution in [0.2, 0.25) is 0 Å². The van der Waals surface area contributed by atoms with E-state index < -0.39 is 5.60 Å². The van der Waals surface area contributed by atoms with E-state index in [1.807, 2.05) is 12.1 Å². The number of rotatable bonds is 5. The highest BCUT2D eigenvalue weighted by Crippen LogP contribution is 2.53. The Hall–Kier alpha value is -2.68. The number of furan rings is 1. The van der Waals surface area contributed by atoms with Gasteiger partial charge in [0.2, 0.25) is 0 Å². The summed E-state index contributed by atoms with van der Waals surface area (Å²) in [6.07, 6.45) is 5.92. The van der Waals surface area contributed by atoms with Crippen LogP contribution in [0.15, 0.2) is 47.1 Å². The van der Waals surface area contributed by atoms with Crippen LogP contribution >= 0.6 is 0 Å². The number of hydrogen-bond donors (Lipinski definition) is 1. The zero-order chi connectivity index (χ0) is 19.9. The van der Waals surface area contributed by atoms with Crippen LogP contribution in [0.3, 0.4) is 0 Å². The number of phenolic OH excluding ortho intramolecular Hbond substituents is 1. The van der Waals surface area contributed by atoms with E-state index in [4.69, 9.17) is 9.15 Å². The zero-order valence-corrected chi connectivity index (χ0v) is 17.1. The molecule has 1 N–H and O–H groups in total.